The monoisotopic (exact) mass is 203 g/mol. The van der Waals surface area contributed by atoms with Crippen LogP contribution >= 0.6 is 0 Å². The van der Waals surface area contributed by atoms with Crippen LogP contribution in [-0.4, -0.2) is 12.9 Å². The van der Waals surface area contributed by atoms with E-state index in [1.807, 2.05) is 19.9 Å². The van der Waals surface area contributed by atoms with Gasteiger partial charge in [0.25, 0.3) is 0 Å². The van der Waals surface area contributed by atoms with E-state index in [1.54, 1.807) is 18.2 Å². The summed E-state index contributed by atoms with van der Waals surface area (Å²) >= 11 is 0. The number of carbonyl (C=O) groups is 1. The Morgan fingerprint density at radius 1 is 1.47 bits per heavy atom. The van der Waals surface area contributed by atoms with Crippen LogP contribution in [0, 0.1) is 17.2 Å². The highest BCUT2D eigenvalue weighted by Crippen LogP contribution is 2.20. The second kappa shape index (κ2) is 4.61. The molecule has 0 aliphatic rings. The third-order valence-corrected chi connectivity index (χ3v) is 2.13. The Bertz CT molecular complexity index is 416. The first-order valence-corrected chi connectivity index (χ1v) is 4.72. The molecule has 0 radical (unpaired) electrons. The van der Waals surface area contributed by atoms with E-state index in [9.17, 15) is 4.79 Å². The van der Waals surface area contributed by atoms with Crippen molar-refractivity contribution in [1.82, 2.24) is 0 Å². The summed E-state index contributed by atoms with van der Waals surface area (Å²) in [7, 11) is 1.50. The highest BCUT2D eigenvalue weighted by molar-refractivity contribution is 5.97. The van der Waals surface area contributed by atoms with Gasteiger partial charge in [0.15, 0.2) is 5.78 Å². The predicted molar refractivity (Wildman–Crippen MR) is 56.9 cm³/mol. The van der Waals surface area contributed by atoms with Crippen LogP contribution in [0.2, 0.25) is 0 Å². The number of ether oxygens (including phenoxy) is 1. The predicted octanol–water partition coefficient (Wildman–Crippen LogP) is 2.41. The van der Waals surface area contributed by atoms with Gasteiger partial charge in [0.2, 0.25) is 0 Å². The van der Waals surface area contributed by atoms with Gasteiger partial charge in [-0.3, -0.25) is 4.79 Å². The van der Waals surface area contributed by atoms with Gasteiger partial charge in [-0.1, -0.05) is 13.8 Å². The van der Waals surface area contributed by atoms with Crippen LogP contribution in [0.1, 0.15) is 29.8 Å². The van der Waals surface area contributed by atoms with E-state index >= 15 is 0 Å². The zero-order chi connectivity index (χ0) is 11.4. The number of benzene rings is 1. The molecule has 3 nitrogen and oxygen atoms in total. The van der Waals surface area contributed by atoms with Gasteiger partial charge in [-0.2, -0.15) is 5.26 Å². The summed E-state index contributed by atoms with van der Waals surface area (Å²) in [6.45, 7) is 3.66. The number of methoxy groups -OCH3 is 1. The normalized spacial score (nSPS) is 9.80. The molecule has 0 heterocycles. The molecule has 0 saturated carbocycles. The fourth-order valence-electron chi connectivity index (χ4n) is 1.28. The Balaban J connectivity index is 3.15. The van der Waals surface area contributed by atoms with Crippen molar-refractivity contribution in [3.63, 3.8) is 0 Å². The number of nitrogens with zero attached hydrogens (tertiary/aromatic N) is 1. The largest absolute Gasteiger partial charge is 0.495 e. The van der Waals surface area contributed by atoms with Crippen molar-refractivity contribution in [2.24, 2.45) is 5.92 Å². The average molecular weight is 203 g/mol. The molecule has 0 aromatic heterocycles. The quantitative estimate of drug-likeness (QED) is 0.709. The first-order valence-electron chi connectivity index (χ1n) is 4.72. The molecule has 0 fully saturated rings. The molecule has 0 spiro atoms. The van der Waals surface area contributed by atoms with Crippen molar-refractivity contribution >= 4 is 5.78 Å². The second-order valence-electron chi connectivity index (χ2n) is 3.55. The molecule has 0 amide bonds. The molecular weight excluding hydrogens is 190 g/mol. The maximum absolute atomic E-state index is 11.7. The molecule has 0 aliphatic carbocycles. The molecule has 1 aromatic carbocycles. The van der Waals surface area contributed by atoms with Gasteiger partial charge in [-0.15, -0.1) is 0 Å². The number of Topliss-reactive ketones (excluding diaryl/α,β-unsaturated/α-hetero) is 1. The molecule has 1 rings (SSSR count). The summed E-state index contributed by atoms with van der Waals surface area (Å²) in [6, 6.07) is 6.90. The van der Waals surface area contributed by atoms with Crippen molar-refractivity contribution < 1.29 is 9.53 Å². The summed E-state index contributed by atoms with van der Waals surface area (Å²) in [5, 5.41) is 8.85. The highest BCUT2D eigenvalue weighted by atomic mass is 16.5. The Kier molecular flexibility index (Phi) is 3.46. The summed E-state index contributed by atoms with van der Waals surface area (Å²) in [5.74, 6) is 0.469. The van der Waals surface area contributed by atoms with E-state index < -0.39 is 0 Å². The van der Waals surface area contributed by atoms with E-state index in [0.29, 0.717) is 16.9 Å². The van der Waals surface area contributed by atoms with Crippen molar-refractivity contribution in [2.45, 2.75) is 13.8 Å². The van der Waals surface area contributed by atoms with Crippen LogP contribution in [-0.2, 0) is 0 Å². The minimum absolute atomic E-state index is 0.0363. The minimum atomic E-state index is -0.0649. The molecular formula is C12H13NO2. The van der Waals surface area contributed by atoms with Gasteiger partial charge >= 0.3 is 0 Å². The Labute approximate surface area is 89.3 Å². The number of ketones is 1. The van der Waals surface area contributed by atoms with E-state index in [0.717, 1.165) is 0 Å². The first kappa shape index (κ1) is 11.3. The van der Waals surface area contributed by atoms with Crippen LogP contribution in [0.4, 0.5) is 0 Å². The van der Waals surface area contributed by atoms with Crippen LogP contribution in [0.3, 0.4) is 0 Å². The summed E-state index contributed by atoms with van der Waals surface area (Å²) in [4.78, 5) is 11.7. The number of carbonyl (C=O) groups excluding carboxylic acids is 1. The van der Waals surface area contributed by atoms with Crippen molar-refractivity contribution in [1.29, 1.82) is 5.26 Å². The van der Waals surface area contributed by atoms with Gasteiger partial charge in [-0.05, 0) is 18.2 Å². The van der Waals surface area contributed by atoms with E-state index in [-0.39, 0.29) is 11.7 Å². The highest BCUT2D eigenvalue weighted by Gasteiger charge is 2.12. The molecule has 0 bridgehead atoms. The van der Waals surface area contributed by atoms with E-state index in [4.69, 9.17) is 10.00 Å². The fourth-order valence-corrected chi connectivity index (χ4v) is 1.28. The lowest BCUT2D eigenvalue weighted by Crippen LogP contribution is -2.07. The first-order chi connectivity index (χ1) is 7.10. The summed E-state index contributed by atoms with van der Waals surface area (Å²) in [5.41, 5.74) is 0.950. The maximum atomic E-state index is 11.7. The van der Waals surface area contributed by atoms with Crippen molar-refractivity contribution in [3.8, 4) is 11.8 Å². The molecule has 78 valence electrons. The van der Waals surface area contributed by atoms with Gasteiger partial charge < -0.3 is 4.74 Å². The summed E-state index contributed by atoms with van der Waals surface area (Å²) in [6.07, 6.45) is 0. The van der Waals surface area contributed by atoms with Crippen LogP contribution in [0.15, 0.2) is 18.2 Å². The smallest absolute Gasteiger partial charge is 0.165 e. The standard InChI is InChI=1S/C12H13NO2/c1-8(2)12(14)9-4-5-11(15-3)10(6-9)7-13/h4-6,8H,1-3H3. The fraction of sp³-hybridized carbons (Fsp3) is 0.333. The molecule has 0 aliphatic heterocycles. The van der Waals surface area contributed by atoms with Crippen LogP contribution in [0.5, 0.6) is 5.75 Å². The van der Waals surface area contributed by atoms with E-state index in [1.165, 1.54) is 7.11 Å². The van der Waals surface area contributed by atoms with Gasteiger partial charge in [-0.25, -0.2) is 0 Å². The van der Waals surface area contributed by atoms with Crippen LogP contribution < -0.4 is 4.74 Å². The summed E-state index contributed by atoms with van der Waals surface area (Å²) < 4.78 is 5.00. The zero-order valence-corrected chi connectivity index (χ0v) is 9.07. The minimum Gasteiger partial charge on any atom is -0.495 e. The molecule has 1 aromatic rings. The molecule has 0 atom stereocenters. The van der Waals surface area contributed by atoms with Crippen molar-refractivity contribution in [2.75, 3.05) is 7.11 Å². The Morgan fingerprint density at radius 3 is 2.60 bits per heavy atom. The third-order valence-electron chi connectivity index (χ3n) is 2.13. The Morgan fingerprint density at radius 2 is 2.13 bits per heavy atom. The van der Waals surface area contributed by atoms with E-state index in [2.05, 4.69) is 0 Å². The SMILES string of the molecule is COc1ccc(C(=O)C(C)C)cc1C#N. The third kappa shape index (κ3) is 2.35. The van der Waals surface area contributed by atoms with Gasteiger partial charge in [0.1, 0.15) is 11.8 Å². The lowest BCUT2D eigenvalue weighted by molar-refractivity contribution is 0.0939. The zero-order valence-electron chi connectivity index (χ0n) is 9.07. The molecule has 15 heavy (non-hydrogen) atoms. The number of hydrogen-bond donors (Lipinski definition) is 0. The van der Waals surface area contributed by atoms with Crippen LogP contribution in [0.25, 0.3) is 0 Å². The second-order valence-corrected chi connectivity index (χ2v) is 3.55. The Hall–Kier alpha value is -1.82. The number of hydrogen-bond acceptors (Lipinski definition) is 3. The molecule has 0 unspecified atom stereocenters. The lowest BCUT2D eigenvalue weighted by Gasteiger charge is -2.06. The van der Waals surface area contributed by atoms with Gasteiger partial charge in [0, 0.05) is 11.5 Å². The number of nitriles is 1. The molecule has 0 saturated heterocycles. The van der Waals surface area contributed by atoms with Crippen molar-refractivity contribution in [3.05, 3.63) is 29.3 Å². The maximum Gasteiger partial charge on any atom is 0.165 e. The van der Waals surface area contributed by atoms with Gasteiger partial charge in [0.05, 0.1) is 12.7 Å². The average Bonchev–Trinajstić information content (AvgIpc) is 2.26. The molecule has 3 heteroatoms. The molecule has 0 N–H and O–H groups in total. The lowest BCUT2D eigenvalue weighted by atomic mass is 9.99. The number of rotatable bonds is 3. The topological polar surface area (TPSA) is 50.1 Å².